The van der Waals surface area contributed by atoms with Gasteiger partial charge in [-0.25, -0.2) is 0 Å². The van der Waals surface area contributed by atoms with E-state index in [9.17, 15) is 13.2 Å². The molecule has 0 aliphatic carbocycles. The molecule has 1 fully saturated rings. The summed E-state index contributed by atoms with van der Waals surface area (Å²) in [5.41, 5.74) is 0.0611. The van der Waals surface area contributed by atoms with E-state index >= 15 is 0 Å². The average Bonchev–Trinajstić information content (AvgIpc) is 2.61. The van der Waals surface area contributed by atoms with Crippen molar-refractivity contribution in [3.63, 3.8) is 0 Å². The molecule has 1 aliphatic heterocycles. The first-order valence-electron chi connectivity index (χ1n) is 9.77. The largest absolute Gasteiger partial charge is 0.433 e. The third kappa shape index (κ3) is 4.58. The molecule has 1 aromatic heterocycles. The number of hydrogen-bond donors (Lipinski definition) is 0. The second kappa shape index (κ2) is 8.70. The summed E-state index contributed by atoms with van der Waals surface area (Å²) in [7, 11) is 0. The van der Waals surface area contributed by atoms with Crippen LogP contribution in [0.25, 0.3) is 0 Å². The molecule has 0 unspecified atom stereocenters. The fourth-order valence-corrected chi connectivity index (χ4v) is 4.17. The van der Waals surface area contributed by atoms with Gasteiger partial charge in [0.25, 0.3) is 0 Å². The maximum Gasteiger partial charge on any atom is 0.433 e. The molecule has 3 nitrogen and oxygen atoms in total. The maximum absolute atomic E-state index is 12.8. The molecular weight excluding hydrogens is 339 g/mol. The van der Waals surface area contributed by atoms with Crippen molar-refractivity contribution in [2.75, 3.05) is 13.1 Å². The summed E-state index contributed by atoms with van der Waals surface area (Å²) < 4.78 is 38.4. The number of aromatic nitrogens is 1. The maximum atomic E-state index is 12.8. The van der Waals surface area contributed by atoms with Crippen LogP contribution in [0.4, 0.5) is 13.2 Å². The summed E-state index contributed by atoms with van der Waals surface area (Å²) in [5.74, 6) is 0. The molecule has 1 aromatic rings. The Balaban J connectivity index is 2.27. The molecular formula is C20H32F3N3. The van der Waals surface area contributed by atoms with Gasteiger partial charge in [0.2, 0.25) is 0 Å². The van der Waals surface area contributed by atoms with Gasteiger partial charge in [-0.2, -0.15) is 13.2 Å². The molecule has 0 saturated carbocycles. The number of nitrogens with zero attached hydrogens (tertiary/aromatic N) is 3. The Morgan fingerprint density at radius 1 is 1.04 bits per heavy atom. The van der Waals surface area contributed by atoms with Crippen LogP contribution in [-0.4, -0.2) is 46.0 Å². The smallest absolute Gasteiger partial charge is 0.295 e. The second-order valence-corrected chi connectivity index (χ2v) is 7.51. The molecule has 148 valence electrons. The lowest BCUT2D eigenvalue weighted by atomic mass is 9.95. The Morgan fingerprint density at radius 3 is 2.04 bits per heavy atom. The highest BCUT2D eigenvalue weighted by Gasteiger charge is 2.37. The van der Waals surface area contributed by atoms with Crippen molar-refractivity contribution in [3.05, 3.63) is 29.6 Å². The summed E-state index contributed by atoms with van der Waals surface area (Å²) in [6, 6.07) is 4.22. The zero-order valence-electron chi connectivity index (χ0n) is 16.6. The van der Waals surface area contributed by atoms with Crippen LogP contribution in [0.2, 0.25) is 0 Å². The lowest BCUT2D eigenvalue weighted by Gasteiger charge is -2.50. The van der Waals surface area contributed by atoms with Crippen molar-refractivity contribution in [2.24, 2.45) is 0 Å². The van der Waals surface area contributed by atoms with E-state index in [1.165, 1.54) is 6.20 Å². The fourth-order valence-electron chi connectivity index (χ4n) is 4.17. The van der Waals surface area contributed by atoms with Gasteiger partial charge in [0.1, 0.15) is 5.69 Å². The summed E-state index contributed by atoms with van der Waals surface area (Å²) in [5, 5.41) is 0. The Kier molecular flexibility index (Phi) is 7.08. The molecule has 0 radical (unpaired) electrons. The van der Waals surface area contributed by atoms with Crippen LogP contribution in [0, 0.1) is 0 Å². The van der Waals surface area contributed by atoms with Crippen molar-refractivity contribution in [2.45, 2.75) is 84.2 Å². The van der Waals surface area contributed by atoms with Crippen LogP contribution in [0.1, 0.15) is 71.2 Å². The number of alkyl halides is 3. The van der Waals surface area contributed by atoms with Gasteiger partial charge in [0.05, 0.1) is 0 Å². The Bertz CT molecular complexity index is 556. The van der Waals surface area contributed by atoms with Crippen molar-refractivity contribution < 1.29 is 13.2 Å². The average molecular weight is 371 g/mol. The van der Waals surface area contributed by atoms with Crippen LogP contribution in [0.5, 0.6) is 0 Å². The van der Waals surface area contributed by atoms with Crippen LogP contribution in [-0.2, 0) is 6.18 Å². The van der Waals surface area contributed by atoms with Crippen molar-refractivity contribution in [1.29, 1.82) is 0 Å². The summed E-state index contributed by atoms with van der Waals surface area (Å²) in [4.78, 5) is 8.75. The molecule has 26 heavy (non-hydrogen) atoms. The molecule has 6 heteroatoms. The van der Waals surface area contributed by atoms with E-state index in [1.54, 1.807) is 6.07 Å². The SMILES string of the molecule is CC[C@H]1CN([C@@H](CC)c2ccc(C(F)(F)F)nc2)[C@H](CC)CN1C(C)C. The van der Waals surface area contributed by atoms with E-state index in [2.05, 4.69) is 49.4 Å². The van der Waals surface area contributed by atoms with Crippen molar-refractivity contribution in [3.8, 4) is 0 Å². The molecule has 2 heterocycles. The van der Waals surface area contributed by atoms with Gasteiger partial charge in [-0.15, -0.1) is 0 Å². The second-order valence-electron chi connectivity index (χ2n) is 7.51. The molecule has 0 aromatic carbocycles. The van der Waals surface area contributed by atoms with Crippen molar-refractivity contribution >= 4 is 0 Å². The molecule has 0 bridgehead atoms. The minimum Gasteiger partial charge on any atom is -0.295 e. The molecule has 3 atom stereocenters. The highest BCUT2D eigenvalue weighted by molar-refractivity contribution is 5.20. The Labute approximate surface area is 155 Å². The molecule has 1 aliphatic rings. The van der Waals surface area contributed by atoms with E-state index in [0.717, 1.165) is 44.0 Å². The Hall–Kier alpha value is -1.14. The van der Waals surface area contributed by atoms with E-state index < -0.39 is 11.9 Å². The van der Waals surface area contributed by atoms with Gasteiger partial charge in [-0.1, -0.05) is 26.8 Å². The van der Waals surface area contributed by atoms with E-state index in [0.29, 0.717) is 18.1 Å². The zero-order chi connectivity index (χ0) is 19.5. The van der Waals surface area contributed by atoms with Crippen LogP contribution < -0.4 is 0 Å². The number of rotatable bonds is 6. The van der Waals surface area contributed by atoms with Crippen LogP contribution in [0.3, 0.4) is 0 Å². The fraction of sp³-hybridized carbons (Fsp3) is 0.750. The van der Waals surface area contributed by atoms with Gasteiger partial charge >= 0.3 is 6.18 Å². The highest BCUT2D eigenvalue weighted by atomic mass is 19.4. The highest BCUT2D eigenvalue weighted by Crippen LogP contribution is 2.34. The number of pyridine rings is 1. The summed E-state index contributed by atoms with van der Waals surface area (Å²) in [6.45, 7) is 12.9. The van der Waals surface area contributed by atoms with Crippen LogP contribution >= 0.6 is 0 Å². The quantitative estimate of drug-likeness (QED) is 0.691. The molecule has 0 N–H and O–H groups in total. The lowest BCUT2D eigenvalue weighted by molar-refractivity contribution is -0.141. The first-order valence-corrected chi connectivity index (χ1v) is 9.77. The zero-order valence-corrected chi connectivity index (χ0v) is 16.6. The van der Waals surface area contributed by atoms with Crippen molar-refractivity contribution in [1.82, 2.24) is 14.8 Å². The van der Waals surface area contributed by atoms with Gasteiger partial charge in [0, 0.05) is 43.5 Å². The monoisotopic (exact) mass is 371 g/mol. The lowest BCUT2D eigenvalue weighted by Crippen LogP contribution is -2.60. The number of halogens is 3. The Morgan fingerprint density at radius 2 is 1.62 bits per heavy atom. The number of piperazine rings is 1. The van der Waals surface area contributed by atoms with E-state index in [-0.39, 0.29) is 6.04 Å². The molecule has 1 saturated heterocycles. The standard InChI is InChI=1S/C20H32F3N3/c1-6-16-13-26(17(7-2)12-25(16)14(4)5)18(8-3)15-9-10-19(24-11-15)20(21,22)23/h9-11,14,16-18H,6-8,12-13H2,1-5H3/t16-,17+,18-/m0/s1. The van der Waals surface area contributed by atoms with Gasteiger partial charge in [-0.3, -0.25) is 14.8 Å². The predicted octanol–water partition coefficient (Wildman–Crippen LogP) is 5.13. The minimum absolute atomic E-state index is 0.109. The summed E-state index contributed by atoms with van der Waals surface area (Å²) in [6.07, 6.45) is 0.000554. The van der Waals surface area contributed by atoms with E-state index in [1.807, 2.05) is 0 Å². The molecule has 0 spiro atoms. The topological polar surface area (TPSA) is 19.4 Å². The molecule has 2 rings (SSSR count). The third-order valence-corrected chi connectivity index (χ3v) is 5.64. The first kappa shape index (κ1) is 21.2. The van der Waals surface area contributed by atoms with E-state index in [4.69, 9.17) is 0 Å². The third-order valence-electron chi connectivity index (χ3n) is 5.64. The first-order chi connectivity index (χ1) is 12.2. The van der Waals surface area contributed by atoms with Gasteiger partial charge in [-0.05, 0) is 44.7 Å². The van der Waals surface area contributed by atoms with Gasteiger partial charge in [0.15, 0.2) is 0 Å². The van der Waals surface area contributed by atoms with Gasteiger partial charge < -0.3 is 0 Å². The molecule has 0 amide bonds. The normalized spacial score (nSPS) is 24.2. The minimum atomic E-state index is -4.39. The predicted molar refractivity (Wildman–Crippen MR) is 99.0 cm³/mol. The van der Waals surface area contributed by atoms with Crippen LogP contribution in [0.15, 0.2) is 18.3 Å². The summed E-state index contributed by atoms with van der Waals surface area (Å²) >= 11 is 0. The number of hydrogen-bond acceptors (Lipinski definition) is 3.